The van der Waals surface area contributed by atoms with E-state index in [1.807, 2.05) is 60.7 Å². The lowest BCUT2D eigenvalue weighted by molar-refractivity contribution is 0.669. The van der Waals surface area contributed by atoms with Crippen molar-refractivity contribution >= 4 is 21.9 Å². The van der Waals surface area contributed by atoms with E-state index in [1.54, 1.807) is 6.20 Å². The van der Waals surface area contributed by atoms with Gasteiger partial charge in [0.15, 0.2) is 5.82 Å². The third kappa shape index (κ3) is 2.37. The van der Waals surface area contributed by atoms with Crippen molar-refractivity contribution in [3.05, 3.63) is 85.1 Å². The molecule has 2 heterocycles. The number of nitrogens with zero attached hydrogens (tertiary/aromatic N) is 2. The summed E-state index contributed by atoms with van der Waals surface area (Å²) in [5.74, 6) is 0.725. The fourth-order valence-electron chi connectivity index (χ4n) is 3.13. The molecule has 0 saturated heterocycles. The number of hydrogen-bond donors (Lipinski definition) is 0. The summed E-state index contributed by atoms with van der Waals surface area (Å²) in [4.78, 5) is 9.12. The number of benzene rings is 3. The van der Waals surface area contributed by atoms with Crippen LogP contribution in [0.3, 0.4) is 0 Å². The molecule has 2 aromatic heterocycles. The quantitative estimate of drug-likeness (QED) is 0.418. The Labute approximate surface area is 144 Å². The van der Waals surface area contributed by atoms with Crippen molar-refractivity contribution < 1.29 is 4.42 Å². The van der Waals surface area contributed by atoms with Gasteiger partial charge in [0.25, 0.3) is 0 Å². The van der Waals surface area contributed by atoms with Gasteiger partial charge in [0.1, 0.15) is 11.2 Å². The summed E-state index contributed by atoms with van der Waals surface area (Å²) < 4.78 is 5.99. The SMILES string of the molecule is c1ccc(-c2nccc(-c3ccc4c(c3)oc3ccccc34)n2)cc1. The van der Waals surface area contributed by atoms with Gasteiger partial charge in [-0.1, -0.05) is 54.6 Å². The molecule has 0 radical (unpaired) electrons. The van der Waals surface area contributed by atoms with Crippen molar-refractivity contribution in [3.63, 3.8) is 0 Å². The van der Waals surface area contributed by atoms with Gasteiger partial charge in [-0.3, -0.25) is 0 Å². The van der Waals surface area contributed by atoms with E-state index in [2.05, 4.69) is 23.2 Å². The molecule has 0 spiro atoms. The minimum atomic E-state index is 0.725. The molecule has 5 aromatic rings. The molecule has 0 unspecified atom stereocenters. The Bertz CT molecular complexity index is 1190. The van der Waals surface area contributed by atoms with Crippen LogP contribution in [0, 0.1) is 0 Å². The van der Waals surface area contributed by atoms with E-state index < -0.39 is 0 Å². The van der Waals surface area contributed by atoms with Crippen molar-refractivity contribution in [1.82, 2.24) is 9.97 Å². The Morgan fingerprint density at radius 3 is 2.36 bits per heavy atom. The summed E-state index contributed by atoms with van der Waals surface area (Å²) >= 11 is 0. The Morgan fingerprint density at radius 1 is 0.640 bits per heavy atom. The first kappa shape index (κ1) is 13.9. The zero-order chi connectivity index (χ0) is 16.6. The lowest BCUT2D eigenvalue weighted by Crippen LogP contribution is -1.91. The Balaban J connectivity index is 1.64. The summed E-state index contributed by atoms with van der Waals surface area (Å²) in [6, 6.07) is 26.3. The molecule has 0 bridgehead atoms. The van der Waals surface area contributed by atoms with E-state index in [4.69, 9.17) is 9.40 Å². The highest BCUT2D eigenvalue weighted by atomic mass is 16.3. The monoisotopic (exact) mass is 322 g/mol. The van der Waals surface area contributed by atoms with Crippen LogP contribution in [0.1, 0.15) is 0 Å². The molecule has 0 aliphatic carbocycles. The fourth-order valence-corrected chi connectivity index (χ4v) is 3.13. The van der Waals surface area contributed by atoms with E-state index in [0.717, 1.165) is 44.6 Å². The second kappa shape index (κ2) is 5.56. The summed E-state index contributed by atoms with van der Waals surface area (Å²) in [6.07, 6.45) is 1.80. The smallest absolute Gasteiger partial charge is 0.159 e. The van der Waals surface area contributed by atoms with Crippen LogP contribution < -0.4 is 0 Å². The third-order valence-electron chi connectivity index (χ3n) is 4.36. The maximum atomic E-state index is 5.99. The van der Waals surface area contributed by atoms with E-state index >= 15 is 0 Å². The van der Waals surface area contributed by atoms with Crippen LogP contribution in [0.4, 0.5) is 0 Å². The second-order valence-electron chi connectivity index (χ2n) is 5.94. The molecule has 0 fully saturated rings. The molecule has 3 nitrogen and oxygen atoms in total. The number of para-hydroxylation sites is 1. The maximum absolute atomic E-state index is 5.99. The molecular weight excluding hydrogens is 308 g/mol. The topological polar surface area (TPSA) is 38.9 Å². The van der Waals surface area contributed by atoms with E-state index in [1.165, 1.54) is 0 Å². The molecule has 0 amide bonds. The van der Waals surface area contributed by atoms with Gasteiger partial charge in [-0.05, 0) is 24.3 Å². The summed E-state index contributed by atoms with van der Waals surface area (Å²) in [5.41, 5.74) is 4.69. The average Bonchev–Trinajstić information content (AvgIpc) is 3.06. The highest BCUT2D eigenvalue weighted by molar-refractivity contribution is 6.05. The van der Waals surface area contributed by atoms with Crippen LogP contribution in [-0.2, 0) is 0 Å². The molecule has 25 heavy (non-hydrogen) atoms. The molecular formula is C22H14N2O. The Morgan fingerprint density at radius 2 is 1.44 bits per heavy atom. The van der Waals surface area contributed by atoms with Crippen molar-refractivity contribution in [2.24, 2.45) is 0 Å². The molecule has 3 aromatic carbocycles. The lowest BCUT2D eigenvalue weighted by atomic mass is 10.1. The molecule has 0 N–H and O–H groups in total. The maximum Gasteiger partial charge on any atom is 0.159 e. The van der Waals surface area contributed by atoms with Gasteiger partial charge in [0.05, 0.1) is 5.69 Å². The highest BCUT2D eigenvalue weighted by Gasteiger charge is 2.09. The number of furan rings is 1. The number of fused-ring (bicyclic) bond motifs is 3. The standard InChI is InChI=1S/C22H14N2O/c1-2-6-15(7-3-1)22-23-13-12-19(24-22)16-10-11-18-17-8-4-5-9-20(17)25-21(18)14-16/h1-14H. The van der Waals surface area contributed by atoms with Gasteiger partial charge >= 0.3 is 0 Å². The lowest BCUT2D eigenvalue weighted by Gasteiger charge is -2.04. The molecule has 5 rings (SSSR count). The number of aromatic nitrogens is 2. The molecule has 0 saturated carbocycles. The molecule has 0 atom stereocenters. The van der Waals surface area contributed by atoms with Crippen molar-refractivity contribution in [2.45, 2.75) is 0 Å². The van der Waals surface area contributed by atoms with E-state index in [0.29, 0.717) is 0 Å². The van der Waals surface area contributed by atoms with E-state index in [9.17, 15) is 0 Å². The highest BCUT2D eigenvalue weighted by Crippen LogP contribution is 2.31. The normalized spacial score (nSPS) is 11.2. The zero-order valence-electron chi connectivity index (χ0n) is 13.4. The van der Waals surface area contributed by atoms with E-state index in [-0.39, 0.29) is 0 Å². The zero-order valence-corrected chi connectivity index (χ0v) is 13.4. The van der Waals surface area contributed by atoms with Crippen molar-refractivity contribution in [2.75, 3.05) is 0 Å². The molecule has 0 aliphatic rings. The first-order chi connectivity index (χ1) is 12.4. The first-order valence-electron chi connectivity index (χ1n) is 8.19. The summed E-state index contributed by atoms with van der Waals surface area (Å²) in [6.45, 7) is 0. The fraction of sp³-hybridized carbons (Fsp3) is 0. The van der Waals surface area contributed by atoms with Crippen LogP contribution in [0.15, 0.2) is 89.5 Å². The minimum absolute atomic E-state index is 0.725. The predicted octanol–water partition coefficient (Wildman–Crippen LogP) is 5.71. The van der Waals surface area contributed by atoms with Crippen LogP contribution in [0.2, 0.25) is 0 Å². The number of rotatable bonds is 2. The van der Waals surface area contributed by atoms with Crippen LogP contribution in [0.25, 0.3) is 44.6 Å². The van der Waals surface area contributed by atoms with Crippen molar-refractivity contribution in [1.29, 1.82) is 0 Å². The summed E-state index contributed by atoms with van der Waals surface area (Å²) in [7, 11) is 0. The third-order valence-corrected chi connectivity index (χ3v) is 4.36. The van der Waals surface area contributed by atoms with Gasteiger partial charge in [-0.2, -0.15) is 0 Å². The molecule has 0 aliphatic heterocycles. The van der Waals surface area contributed by atoms with Crippen molar-refractivity contribution in [3.8, 4) is 22.6 Å². The number of hydrogen-bond acceptors (Lipinski definition) is 3. The second-order valence-corrected chi connectivity index (χ2v) is 5.94. The van der Waals surface area contributed by atoms with Gasteiger partial charge in [-0.15, -0.1) is 0 Å². The van der Waals surface area contributed by atoms with Crippen LogP contribution in [-0.4, -0.2) is 9.97 Å². The average molecular weight is 322 g/mol. The van der Waals surface area contributed by atoms with Crippen LogP contribution >= 0.6 is 0 Å². The van der Waals surface area contributed by atoms with Gasteiger partial charge < -0.3 is 4.42 Å². The minimum Gasteiger partial charge on any atom is -0.456 e. The largest absolute Gasteiger partial charge is 0.456 e. The van der Waals surface area contributed by atoms with Gasteiger partial charge in [0, 0.05) is 28.1 Å². The Hall–Kier alpha value is -3.46. The first-order valence-corrected chi connectivity index (χ1v) is 8.19. The van der Waals surface area contributed by atoms with Gasteiger partial charge in [-0.25, -0.2) is 9.97 Å². The Kier molecular flexibility index (Phi) is 3.10. The predicted molar refractivity (Wildman–Crippen MR) is 100 cm³/mol. The van der Waals surface area contributed by atoms with Crippen LogP contribution in [0.5, 0.6) is 0 Å². The molecule has 118 valence electrons. The van der Waals surface area contributed by atoms with Gasteiger partial charge in [0.2, 0.25) is 0 Å². The summed E-state index contributed by atoms with van der Waals surface area (Å²) in [5, 5.41) is 2.26. The molecule has 3 heteroatoms.